The summed E-state index contributed by atoms with van der Waals surface area (Å²) in [5.74, 6) is 0. The predicted octanol–water partition coefficient (Wildman–Crippen LogP) is 3.37. The third-order valence-corrected chi connectivity index (χ3v) is 9.85. The normalized spacial score (nSPS) is 13.1. The fourth-order valence-electron chi connectivity index (χ4n) is 4.83. The molecule has 0 aliphatic rings. The molecule has 0 fully saturated rings. The maximum atomic E-state index is 11.8. The van der Waals surface area contributed by atoms with Crippen LogP contribution in [0.5, 0.6) is 0 Å². The van der Waals surface area contributed by atoms with E-state index in [1.807, 2.05) is 149 Å². The standard InChI is InChI=1S/2C19H18O2P.2ClH.Zr/c2*1-14(15(2)17-10-6-4-7-11-17)16(3)19(22(20)21)18-12-8-5-9-13-18;;;/h2*2,4-13,19H,1,3H3;2*1H;/q2*-1;;;+4/p-2. The van der Waals surface area contributed by atoms with Gasteiger partial charge in [-0.3, -0.25) is 0 Å². The SMILES string of the molecule is [CH-]=C(C(C)=C(C)C(c1ccccc1)[P+](=O)[O-])c1ccccc1.[CH-]=C(C(C)=C(C)C(c1ccccc1)[P+](=O)[O-])c1ccccc1.[Cl-].[Cl-].[Zr+4]. The first-order chi connectivity index (χ1) is 21.0. The fraction of sp³-hybridized carbons (Fsp3) is 0.158. The van der Waals surface area contributed by atoms with Gasteiger partial charge in [-0.25, -0.2) is 13.2 Å². The molecule has 0 aromatic heterocycles. The summed E-state index contributed by atoms with van der Waals surface area (Å²) in [5.41, 5.74) is 6.33. The van der Waals surface area contributed by atoms with E-state index in [2.05, 4.69) is 0 Å². The molecule has 0 saturated carbocycles. The number of benzene rings is 4. The van der Waals surface area contributed by atoms with Crippen LogP contribution in [0, 0.1) is 13.2 Å². The molecule has 240 valence electrons. The van der Waals surface area contributed by atoms with E-state index in [4.69, 9.17) is 13.2 Å². The summed E-state index contributed by atoms with van der Waals surface area (Å²) in [6, 6.07) is 37.6. The van der Waals surface area contributed by atoms with Gasteiger partial charge in [-0.2, -0.15) is 11.1 Å². The van der Waals surface area contributed by atoms with E-state index >= 15 is 0 Å². The second kappa shape index (κ2) is 22.1. The molecule has 4 unspecified atom stereocenters. The van der Waals surface area contributed by atoms with Crippen LogP contribution in [0.4, 0.5) is 0 Å². The molecule has 0 bridgehead atoms. The summed E-state index contributed by atoms with van der Waals surface area (Å²) in [7, 11) is -5.26. The van der Waals surface area contributed by atoms with Crippen molar-refractivity contribution in [1.29, 1.82) is 0 Å². The topological polar surface area (TPSA) is 80.3 Å². The van der Waals surface area contributed by atoms with Gasteiger partial charge in [-0.15, -0.1) is 46.5 Å². The molecule has 0 saturated heterocycles. The fourth-order valence-corrected chi connectivity index (χ4v) is 6.68. The van der Waals surface area contributed by atoms with Gasteiger partial charge >= 0.3 is 42.3 Å². The molecular formula is C38H36Cl2O4P2Zr. The second-order valence-electron chi connectivity index (χ2n) is 10.4. The van der Waals surface area contributed by atoms with Crippen molar-refractivity contribution >= 4 is 27.2 Å². The van der Waals surface area contributed by atoms with Crippen LogP contribution in [0.25, 0.3) is 11.1 Å². The molecule has 0 N–H and O–H groups in total. The molecule has 4 aromatic carbocycles. The summed E-state index contributed by atoms with van der Waals surface area (Å²) in [6.07, 6.45) is 0. The van der Waals surface area contributed by atoms with Crippen molar-refractivity contribution in [2.24, 2.45) is 0 Å². The van der Waals surface area contributed by atoms with Gasteiger partial charge in [-0.1, -0.05) is 145 Å². The minimum absolute atomic E-state index is 0. The van der Waals surface area contributed by atoms with Gasteiger partial charge in [0.05, 0.1) is 0 Å². The summed E-state index contributed by atoms with van der Waals surface area (Å²) < 4.78 is 23.5. The Morgan fingerprint density at radius 3 is 0.979 bits per heavy atom. The molecule has 4 aromatic rings. The molecule has 4 atom stereocenters. The zero-order chi connectivity index (χ0) is 32.2. The average Bonchev–Trinajstić information content (AvgIpc) is 3.05. The van der Waals surface area contributed by atoms with Crippen molar-refractivity contribution in [3.63, 3.8) is 0 Å². The Morgan fingerprint density at radius 2 is 0.745 bits per heavy atom. The molecule has 0 radical (unpaired) electrons. The van der Waals surface area contributed by atoms with Crippen LogP contribution in [-0.2, 0) is 35.3 Å². The number of halogens is 2. The number of hydrogen-bond donors (Lipinski definition) is 0. The maximum absolute atomic E-state index is 11.8. The zero-order valence-corrected chi connectivity index (χ0v) is 32.4. The second-order valence-corrected chi connectivity index (χ2v) is 12.5. The molecule has 9 heteroatoms. The molecule has 0 aliphatic carbocycles. The van der Waals surface area contributed by atoms with Crippen LogP contribution in [0.15, 0.2) is 144 Å². The van der Waals surface area contributed by atoms with Crippen LogP contribution in [0.1, 0.15) is 61.3 Å². The first-order valence-corrected chi connectivity index (χ1v) is 16.6. The Labute approximate surface area is 313 Å². The number of hydrogen-bond acceptors (Lipinski definition) is 4. The molecule has 0 amide bonds. The van der Waals surface area contributed by atoms with Gasteiger partial charge in [0.1, 0.15) is 0 Å². The minimum Gasteiger partial charge on any atom is -1.00 e. The first-order valence-electron chi connectivity index (χ1n) is 14.1. The first kappa shape index (κ1) is 44.4. The van der Waals surface area contributed by atoms with Crippen LogP contribution in [-0.4, -0.2) is 0 Å². The van der Waals surface area contributed by atoms with E-state index in [-0.39, 0.29) is 51.0 Å². The van der Waals surface area contributed by atoms with Gasteiger partial charge in [-0.05, 0) is 0 Å². The van der Waals surface area contributed by atoms with E-state index in [1.54, 1.807) is 0 Å². The third kappa shape index (κ3) is 12.4. The van der Waals surface area contributed by atoms with Crippen molar-refractivity contribution in [1.82, 2.24) is 0 Å². The van der Waals surface area contributed by atoms with Gasteiger partial charge in [0, 0.05) is 11.1 Å². The third-order valence-electron chi connectivity index (χ3n) is 7.63. The van der Waals surface area contributed by atoms with E-state index in [9.17, 15) is 18.9 Å². The van der Waals surface area contributed by atoms with Crippen LogP contribution >= 0.6 is 16.1 Å². The Morgan fingerprint density at radius 1 is 0.511 bits per heavy atom. The Bertz CT molecular complexity index is 1550. The van der Waals surface area contributed by atoms with Gasteiger partial charge in [0.2, 0.25) is 0 Å². The molecule has 4 nitrogen and oxygen atoms in total. The van der Waals surface area contributed by atoms with Gasteiger partial charge in [0.15, 0.2) is 11.3 Å². The molecule has 0 aliphatic heterocycles. The number of allylic oxidation sites excluding steroid dienone is 6. The Balaban J connectivity index is 0.000000846. The van der Waals surface area contributed by atoms with E-state index in [0.717, 1.165) is 44.5 Å². The number of rotatable bonds is 10. The summed E-state index contributed by atoms with van der Waals surface area (Å²) in [5, 5.41) is 0. The van der Waals surface area contributed by atoms with Crippen LogP contribution < -0.4 is 34.6 Å². The smallest absolute Gasteiger partial charge is 1.00 e. The maximum Gasteiger partial charge on any atom is 4.00 e. The van der Waals surface area contributed by atoms with Crippen molar-refractivity contribution in [2.75, 3.05) is 0 Å². The Kier molecular flexibility index (Phi) is 20.9. The van der Waals surface area contributed by atoms with Crippen molar-refractivity contribution in [3.8, 4) is 0 Å². The van der Waals surface area contributed by atoms with E-state index in [0.29, 0.717) is 11.1 Å². The molecule has 4 rings (SSSR count). The molecule has 47 heavy (non-hydrogen) atoms. The molecule has 0 heterocycles. The van der Waals surface area contributed by atoms with Crippen LogP contribution in [0.2, 0.25) is 0 Å². The Hall–Kier alpha value is -2.58. The van der Waals surface area contributed by atoms with E-state index < -0.39 is 27.4 Å². The van der Waals surface area contributed by atoms with Crippen molar-refractivity contribution in [2.45, 2.75) is 39.0 Å². The quantitative estimate of drug-likeness (QED) is 0.141. The van der Waals surface area contributed by atoms with Crippen molar-refractivity contribution < 1.29 is 69.9 Å². The molecule has 0 spiro atoms. The van der Waals surface area contributed by atoms with Gasteiger partial charge < -0.3 is 34.6 Å². The predicted molar refractivity (Wildman–Crippen MR) is 179 cm³/mol. The average molecular weight is 781 g/mol. The summed E-state index contributed by atoms with van der Waals surface area (Å²) in [6.45, 7) is 19.8. The summed E-state index contributed by atoms with van der Waals surface area (Å²) >= 11 is 0. The summed E-state index contributed by atoms with van der Waals surface area (Å²) in [4.78, 5) is 23.5. The zero-order valence-electron chi connectivity index (χ0n) is 26.6. The minimum atomic E-state index is -2.63. The molecular weight excluding hydrogens is 744 g/mol. The largest absolute Gasteiger partial charge is 4.00 e. The van der Waals surface area contributed by atoms with Crippen molar-refractivity contribution in [3.05, 3.63) is 179 Å². The van der Waals surface area contributed by atoms with Crippen LogP contribution in [0.3, 0.4) is 0 Å². The monoisotopic (exact) mass is 778 g/mol. The van der Waals surface area contributed by atoms with E-state index in [1.165, 1.54) is 0 Å². The van der Waals surface area contributed by atoms with Gasteiger partial charge in [0.25, 0.3) is 0 Å².